The summed E-state index contributed by atoms with van der Waals surface area (Å²) in [6.45, 7) is 14.0. The van der Waals surface area contributed by atoms with Crippen LogP contribution in [0, 0.1) is 18.4 Å². The number of fused-ring (bicyclic) bond motifs is 2. The molecule has 0 N–H and O–H groups in total. The van der Waals surface area contributed by atoms with E-state index >= 15 is 0 Å². The molecular formula is C32H36N8O2. The second-order valence-corrected chi connectivity index (χ2v) is 11.2. The van der Waals surface area contributed by atoms with Gasteiger partial charge in [-0.1, -0.05) is 30.2 Å². The molecule has 0 radical (unpaired) electrons. The molecule has 3 aromatic rings. The predicted molar refractivity (Wildman–Crippen MR) is 162 cm³/mol. The Bertz CT molecular complexity index is 1570. The predicted octanol–water partition coefficient (Wildman–Crippen LogP) is 3.02. The van der Waals surface area contributed by atoms with Crippen molar-refractivity contribution < 1.29 is 9.53 Å². The summed E-state index contributed by atoms with van der Waals surface area (Å²) in [7, 11) is 2.14. The van der Waals surface area contributed by atoms with Gasteiger partial charge in [0, 0.05) is 49.4 Å². The number of piperazine rings is 1. The molecule has 6 rings (SSSR count). The van der Waals surface area contributed by atoms with Gasteiger partial charge in [0.25, 0.3) is 5.91 Å². The lowest BCUT2D eigenvalue weighted by atomic mass is 10.0. The lowest BCUT2D eigenvalue weighted by Gasteiger charge is -2.40. The monoisotopic (exact) mass is 564 g/mol. The van der Waals surface area contributed by atoms with Crippen LogP contribution in [0.3, 0.4) is 0 Å². The van der Waals surface area contributed by atoms with Crippen LogP contribution in [0.1, 0.15) is 31.0 Å². The first-order valence-electron chi connectivity index (χ1n) is 14.7. The van der Waals surface area contributed by atoms with Crippen molar-refractivity contribution in [1.82, 2.24) is 24.8 Å². The van der Waals surface area contributed by atoms with Gasteiger partial charge >= 0.3 is 6.01 Å². The van der Waals surface area contributed by atoms with E-state index in [0.29, 0.717) is 44.8 Å². The number of likely N-dealkylation sites (tertiary alicyclic amines) is 1. The quantitative estimate of drug-likeness (QED) is 0.334. The van der Waals surface area contributed by atoms with Crippen LogP contribution in [0.5, 0.6) is 6.01 Å². The van der Waals surface area contributed by atoms with Crippen molar-refractivity contribution in [2.24, 2.45) is 0 Å². The highest BCUT2D eigenvalue weighted by Crippen LogP contribution is 2.34. The fraction of sp³-hybridized carbons (Fsp3) is 0.469. The highest BCUT2D eigenvalue weighted by Gasteiger charge is 2.35. The van der Waals surface area contributed by atoms with Crippen LogP contribution < -0.4 is 14.5 Å². The molecular weight excluding hydrogens is 528 g/mol. The lowest BCUT2D eigenvalue weighted by molar-refractivity contribution is -0.127. The number of amides is 1. The maximum atomic E-state index is 12.7. The summed E-state index contributed by atoms with van der Waals surface area (Å²) in [6.07, 6.45) is 4.90. The fourth-order valence-electron chi connectivity index (χ4n) is 6.37. The minimum atomic E-state index is -0.258. The zero-order valence-corrected chi connectivity index (χ0v) is 24.3. The number of carbonyl (C=O) groups is 1. The average Bonchev–Trinajstić information content (AvgIpc) is 3.43. The van der Waals surface area contributed by atoms with Crippen LogP contribution in [0.2, 0.25) is 0 Å². The third-order valence-electron chi connectivity index (χ3n) is 8.63. The van der Waals surface area contributed by atoms with Crippen LogP contribution in [0.25, 0.3) is 15.6 Å². The van der Waals surface area contributed by atoms with E-state index in [-0.39, 0.29) is 18.5 Å². The number of rotatable bonds is 6. The summed E-state index contributed by atoms with van der Waals surface area (Å²) >= 11 is 0. The van der Waals surface area contributed by atoms with Crippen molar-refractivity contribution in [3.05, 3.63) is 59.2 Å². The van der Waals surface area contributed by atoms with Crippen molar-refractivity contribution in [3.63, 3.8) is 0 Å². The molecule has 3 aliphatic heterocycles. The highest BCUT2D eigenvalue weighted by molar-refractivity contribution is 5.94. The maximum Gasteiger partial charge on any atom is 0.318 e. The Kier molecular flexibility index (Phi) is 8.07. The minimum Gasteiger partial charge on any atom is -0.462 e. The molecule has 1 amide bonds. The van der Waals surface area contributed by atoms with Gasteiger partial charge in [-0.25, -0.2) is 11.6 Å². The van der Waals surface area contributed by atoms with Crippen molar-refractivity contribution in [1.29, 1.82) is 0 Å². The summed E-state index contributed by atoms with van der Waals surface area (Å²) in [5.41, 5.74) is 2.04. The Hall–Kier alpha value is -4.41. The second kappa shape index (κ2) is 12.2. The van der Waals surface area contributed by atoms with Gasteiger partial charge < -0.3 is 29.2 Å². The van der Waals surface area contributed by atoms with Gasteiger partial charge in [0.1, 0.15) is 24.3 Å². The molecule has 5 heterocycles. The van der Waals surface area contributed by atoms with E-state index in [4.69, 9.17) is 26.3 Å². The van der Waals surface area contributed by atoms with E-state index in [1.807, 2.05) is 24.4 Å². The molecule has 3 aliphatic rings. The van der Waals surface area contributed by atoms with E-state index < -0.39 is 0 Å². The molecule has 0 bridgehead atoms. The Balaban J connectivity index is 1.32. The summed E-state index contributed by atoms with van der Waals surface area (Å²) < 4.78 is 6.28. The molecule has 216 valence electrons. The van der Waals surface area contributed by atoms with Crippen LogP contribution in [0.15, 0.2) is 36.5 Å². The van der Waals surface area contributed by atoms with Crippen molar-refractivity contribution in [2.75, 3.05) is 62.7 Å². The minimum absolute atomic E-state index is 0.221. The van der Waals surface area contributed by atoms with Crippen molar-refractivity contribution in [3.8, 4) is 17.9 Å². The molecule has 0 aliphatic carbocycles. The number of benzene rings is 1. The van der Waals surface area contributed by atoms with Gasteiger partial charge in [-0.3, -0.25) is 4.79 Å². The van der Waals surface area contributed by atoms with E-state index in [0.717, 1.165) is 59.6 Å². The van der Waals surface area contributed by atoms with Crippen LogP contribution in [-0.4, -0.2) is 95.7 Å². The summed E-state index contributed by atoms with van der Waals surface area (Å²) in [5.74, 6) is 6.94. The van der Waals surface area contributed by atoms with E-state index in [1.54, 1.807) is 11.8 Å². The van der Waals surface area contributed by atoms with Gasteiger partial charge in [0.15, 0.2) is 0 Å². The number of hydrogen-bond acceptors (Lipinski definition) is 8. The van der Waals surface area contributed by atoms with Gasteiger partial charge in [-0.05, 0) is 57.2 Å². The van der Waals surface area contributed by atoms with Gasteiger partial charge in [-0.2, -0.15) is 9.97 Å². The number of carbonyl (C=O) groups excluding carboxylic acids is 1. The van der Waals surface area contributed by atoms with Gasteiger partial charge in [-0.15, -0.1) is 0 Å². The number of ether oxygens (including phenoxy) is 1. The Morgan fingerprint density at radius 2 is 1.98 bits per heavy atom. The zero-order chi connectivity index (χ0) is 29.1. The Morgan fingerprint density at radius 1 is 1.10 bits per heavy atom. The summed E-state index contributed by atoms with van der Waals surface area (Å²) in [6, 6.07) is 10.8. The molecule has 1 aromatic carbocycles. The lowest BCUT2D eigenvalue weighted by Crippen LogP contribution is -2.56. The zero-order valence-electron chi connectivity index (χ0n) is 24.3. The van der Waals surface area contributed by atoms with Crippen molar-refractivity contribution >= 4 is 28.3 Å². The molecule has 0 spiro atoms. The fourth-order valence-corrected chi connectivity index (χ4v) is 6.37. The topological polar surface area (TPSA) is 82.3 Å². The van der Waals surface area contributed by atoms with Crippen LogP contribution >= 0.6 is 0 Å². The molecule has 2 fully saturated rings. The standard InChI is InChI=1S/C32H36N8O2/c1-4-8-29(41)40-18-17-39(20-25(40)19-33-2)31-27-13-16-38(30-26-11-6-5-9-23(26)12-14-34-30)21-28(27)35-32(36-31)42-22-24-10-7-15-37(24)3/h5-6,9,11-12,14,24-25H,7,10,13,15-22H2,1,3H3/t24-,25?/m0/s1. The maximum absolute atomic E-state index is 12.7. The smallest absolute Gasteiger partial charge is 0.318 e. The SMILES string of the molecule is [C-]#[N+]CC1CN(c2nc(OC[C@@H]3CCCN3C)nc3c2CCN(c2nccc4ccccc24)C3)CCN1C(=O)C#CC. The number of anilines is 2. The first-order valence-corrected chi connectivity index (χ1v) is 14.7. The first kappa shape index (κ1) is 27.7. The Morgan fingerprint density at radius 3 is 2.79 bits per heavy atom. The van der Waals surface area contributed by atoms with Crippen LogP contribution in [0.4, 0.5) is 11.6 Å². The number of aromatic nitrogens is 3. The third-order valence-corrected chi connectivity index (χ3v) is 8.63. The van der Waals surface area contributed by atoms with Gasteiger partial charge in [0.05, 0.1) is 12.2 Å². The average molecular weight is 565 g/mol. The molecule has 2 saturated heterocycles. The summed E-state index contributed by atoms with van der Waals surface area (Å²) in [5, 5.41) is 2.28. The number of pyridine rings is 1. The van der Waals surface area contributed by atoms with E-state index in [9.17, 15) is 4.79 Å². The number of likely N-dealkylation sites (N-methyl/N-ethyl adjacent to an activating group) is 1. The molecule has 1 unspecified atom stereocenters. The molecule has 42 heavy (non-hydrogen) atoms. The van der Waals surface area contributed by atoms with Crippen molar-refractivity contribution in [2.45, 2.75) is 44.8 Å². The Labute approximate surface area is 247 Å². The summed E-state index contributed by atoms with van der Waals surface area (Å²) in [4.78, 5) is 39.6. The normalized spacial score (nSPS) is 20.5. The molecule has 2 atom stereocenters. The van der Waals surface area contributed by atoms with E-state index in [2.05, 4.69) is 50.6 Å². The molecule has 2 aromatic heterocycles. The highest BCUT2D eigenvalue weighted by atomic mass is 16.5. The third kappa shape index (κ3) is 5.55. The molecule has 10 nitrogen and oxygen atoms in total. The largest absolute Gasteiger partial charge is 0.462 e. The molecule has 10 heteroatoms. The van der Waals surface area contributed by atoms with E-state index in [1.165, 1.54) is 6.42 Å². The van der Waals surface area contributed by atoms with Gasteiger partial charge in [0.2, 0.25) is 6.54 Å². The second-order valence-electron chi connectivity index (χ2n) is 11.2. The molecule has 0 saturated carbocycles. The number of nitrogens with zero attached hydrogens (tertiary/aromatic N) is 8. The first-order chi connectivity index (χ1) is 20.6. The number of hydrogen-bond donors (Lipinski definition) is 0. The van der Waals surface area contributed by atoms with Crippen LogP contribution in [-0.2, 0) is 17.8 Å².